The van der Waals surface area contributed by atoms with Gasteiger partial charge in [0.05, 0.1) is 5.92 Å². The van der Waals surface area contributed by atoms with Gasteiger partial charge < -0.3 is 10.0 Å². The van der Waals surface area contributed by atoms with E-state index in [0.29, 0.717) is 25.9 Å². The molecule has 0 radical (unpaired) electrons. The number of thioether (sulfide) groups is 1. The van der Waals surface area contributed by atoms with Gasteiger partial charge in [-0.25, -0.2) is 0 Å². The molecule has 4 nitrogen and oxygen atoms in total. The molecule has 0 saturated carbocycles. The number of nitrogens with zero attached hydrogens (tertiary/aromatic N) is 1. The molecule has 23 heavy (non-hydrogen) atoms. The maximum atomic E-state index is 12.2. The first kappa shape index (κ1) is 18.1. The number of benzene rings is 1. The van der Waals surface area contributed by atoms with Crippen LogP contribution in [-0.4, -0.2) is 40.7 Å². The van der Waals surface area contributed by atoms with Crippen LogP contribution in [0.5, 0.6) is 0 Å². The van der Waals surface area contributed by atoms with E-state index in [1.807, 2.05) is 36.1 Å². The fourth-order valence-corrected chi connectivity index (χ4v) is 3.82. The largest absolute Gasteiger partial charge is 0.481 e. The van der Waals surface area contributed by atoms with Crippen molar-refractivity contribution >= 4 is 35.2 Å². The molecule has 0 aliphatic carbocycles. The van der Waals surface area contributed by atoms with Crippen molar-refractivity contribution in [3.8, 4) is 0 Å². The third-order valence-corrected chi connectivity index (χ3v) is 5.54. The van der Waals surface area contributed by atoms with E-state index in [4.69, 9.17) is 16.7 Å². The number of likely N-dealkylation sites (tertiary alicyclic amines) is 1. The third-order valence-electron chi connectivity index (χ3n) is 4.19. The Morgan fingerprint density at radius 1 is 1.35 bits per heavy atom. The van der Waals surface area contributed by atoms with Crippen molar-refractivity contribution < 1.29 is 14.7 Å². The van der Waals surface area contributed by atoms with E-state index in [1.54, 1.807) is 11.8 Å². The van der Waals surface area contributed by atoms with Gasteiger partial charge in [0.1, 0.15) is 0 Å². The van der Waals surface area contributed by atoms with Crippen LogP contribution in [0.3, 0.4) is 0 Å². The Morgan fingerprint density at radius 3 is 2.65 bits per heavy atom. The second-order valence-electron chi connectivity index (χ2n) is 5.96. The summed E-state index contributed by atoms with van der Waals surface area (Å²) in [7, 11) is 0. The molecule has 0 spiro atoms. The minimum atomic E-state index is -0.746. The molecule has 1 heterocycles. The summed E-state index contributed by atoms with van der Waals surface area (Å²) in [5, 5.41) is 9.84. The fourth-order valence-electron chi connectivity index (χ4n) is 2.84. The zero-order valence-electron chi connectivity index (χ0n) is 13.2. The molecule has 1 aliphatic rings. The average Bonchev–Trinajstić information content (AvgIpc) is 2.52. The highest BCUT2D eigenvalue weighted by Gasteiger charge is 2.32. The molecule has 1 amide bonds. The second-order valence-corrected chi connectivity index (χ2v) is 7.56. The van der Waals surface area contributed by atoms with Crippen molar-refractivity contribution in [1.29, 1.82) is 0 Å². The van der Waals surface area contributed by atoms with Crippen LogP contribution in [0.4, 0.5) is 0 Å². The topological polar surface area (TPSA) is 57.6 Å². The quantitative estimate of drug-likeness (QED) is 0.623. The normalized spacial score (nSPS) is 21.2. The third kappa shape index (κ3) is 5.43. The van der Waals surface area contributed by atoms with Crippen LogP contribution in [0.15, 0.2) is 29.2 Å². The number of aliphatic carboxylic acids is 1. The molecule has 1 aliphatic heterocycles. The second kappa shape index (κ2) is 8.60. The van der Waals surface area contributed by atoms with Gasteiger partial charge in [-0.2, -0.15) is 0 Å². The van der Waals surface area contributed by atoms with Gasteiger partial charge in [0.25, 0.3) is 0 Å². The molecule has 0 bridgehead atoms. The predicted octanol–water partition coefficient (Wildman–Crippen LogP) is 3.78. The van der Waals surface area contributed by atoms with E-state index in [-0.39, 0.29) is 17.7 Å². The van der Waals surface area contributed by atoms with Crippen molar-refractivity contribution in [1.82, 2.24) is 4.90 Å². The van der Waals surface area contributed by atoms with E-state index in [0.717, 1.165) is 22.1 Å². The zero-order chi connectivity index (χ0) is 16.8. The molecular formula is C17H22ClNO3S. The first-order chi connectivity index (χ1) is 11.0. The smallest absolute Gasteiger partial charge is 0.306 e. The lowest BCUT2D eigenvalue weighted by Crippen LogP contribution is -2.44. The summed E-state index contributed by atoms with van der Waals surface area (Å²) in [5.74, 6) is -0.0244. The van der Waals surface area contributed by atoms with E-state index in [9.17, 15) is 9.59 Å². The van der Waals surface area contributed by atoms with Crippen LogP contribution in [0.25, 0.3) is 0 Å². The highest BCUT2D eigenvalue weighted by molar-refractivity contribution is 7.99. The number of carboxylic acid groups (broad SMARTS) is 1. The van der Waals surface area contributed by atoms with Gasteiger partial charge in [-0.05, 0) is 48.8 Å². The molecule has 0 aromatic heterocycles. The number of carbonyl (C=O) groups is 2. The molecule has 6 heteroatoms. The van der Waals surface area contributed by atoms with E-state index >= 15 is 0 Å². The number of hydrogen-bond acceptors (Lipinski definition) is 3. The fraction of sp³-hybridized carbons (Fsp3) is 0.529. The Bertz CT molecular complexity index is 549. The van der Waals surface area contributed by atoms with Crippen LogP contribution < -0.4 is 0 Å². The molecule has 1 N–H and O–H groups in total. The summed E-state index contributed by atoms with van der Waals surface area (Å²) in [5.41, 5.74) is 0. The van der Waals surface area contributed by atoms with Gasteiger partial charge >= 0.3 is 5.97 Å². The van der Waals surface area contributed by atoms with Crippen molar-refractivity contribution in [2.24, 2.45) is 11.8 Å². The van der Waals surface area contributed by atoms with Crippen molar-refractivity contribution in [2.45, 2.75) is 31.1 Å². The van der Waals surface area contributed by atoms with Crippen molar-refractivity contribution in [3.05, 3.63) is 29.3 Å². The first-order valence-electron chi connectivity index (χ1n) is 7.86. The summed E-state index contributed by atoms with van der Waals surface area (Å²) in [4.78, 5) is 26.3. The van der Waals surface area contributed by atoms with Crippen molar-refractivity contribution in [3.63, 3.8) is 0 Å². The summed E-state index contributed by atoms with van der Waals surface area (Å²) < 4.78 is 0. The highest BCUT2D eigenvalue weighted by atomic mass is 35.5. The lowest BCUT2D eigenvalue weighted by Gasteiger charge is -2.35. The van der Waals surface area contributed by atoms with Crippen LogP contribution in [0, 0.1) is 11.8 Å². The summed E-state index contributed by atoms with van der Waals surface area (Å²) >= 11 is 7.56. The molecule has 2 unspecified atom stereocenters. The van der Waals surface area contributed by atoms with Crippen LogP contribution in [-0.2, 0) is 9.59 Å². The molecule has 1 saturated heterocycles. The highest BCUT2D eigenvalue weighted by Crippen LogP contribution is 2.25. The number of carbonyl (C=O) groups excluding carboxylic acids is 1. The van der Waals surface area contributed by atoms with E-state index in [2.05, 4.69) is 0 Å². The molecule has 2 atom stereocenters. The van der Waals surface area contributed by atoms with Crippen LogP contribution in [0.2, 0.25) is 5.02 Å². The number of carboxylic acids is 1. The molecule has 1 aromatic rings. The van der Waals surface area contributed by atoms with Gasteiger partial charge in [0, 0.05) is 29.4 Å². The van der Waals surface area contributed by atoms with Crippen LogP contribution in [0.1, 0.15) is 26.2 Å². The number of hydrogen-bond donors (Lipinski definition) is 1. The van der Waals surface area contributed by atoms with Gasteiger partial charge in [-0.3, -0.25) is 9.59 Å². The monoisotopic (exact) mass is 355 g/mol. The van der Waals surface area contributed by atoms with E-state index < -0.39 is 5.97 Å². The molecule has 2 rings (SSSR count). The van der Waals surface area contributed by atoms with E-state index in [1.165, 1.54) is 0 Å². The maximum Gasteiger partial charge on any atom is 0.306 e. The standard InChI is InChI=1S/C17H22ClNO3S/c1-12-11-19(9-8-15(12)17(21)22)16(20)3-2-10-23-14-6-4-13(18)5-7-14/h4-7,12,15H,2-3,8-11H2,1H3,(H,21,22). The molecule has 1 aromatic carbocycles. The van der Waals surface area contributed by atoms with Gasteiger partial charge in [0.15, 0.2) is 0 Å². The minimum absolute atomic E-state index is 0.0219. The summed E-state index contributed by atoms with van der Waals surface area (Å²) in [6.45, 7) is 3.03. The van der Waals surface area contributed by atoms with Gasteiger partial charge in [0.2, 0.25) is 5.91 Å². The Morgan fingerprint density at radius 2 is 2.04 bits per heavy atom. The summed E-state index contributed by atoms with van der Waals surface area (Å²) in [6.07, 6.45) is 1.90. The van der Waals surface area contributed by atoms with Gasteiger partial charge in [-0.15, -0.1) is 11.8 Å². The Kier molecular flexibility index (Phi) is 6.78. The Balaban J connectivity index is 1.69. The zero-order valence-corrected chi connectivity index (χ0v) is 14.8. The number of amides is 1. The maximum absolute atomic E-state index is 12.2. The first-order valence-corrected chi connectivity index (χ1v) is 9.22. The van der Waals surface area contributed by atoms with Crippen LogP contribution >= 0.6 is 23.4 Å². The van der Waals surface area contributed by atoms with Crippen molar-refractivity contribution in [2.75, 3.05) is 18.8 Å². The minimum Gasteiger partial charge on any atom is -0.481 e. The number of halogens is 1. The molecule has 1 fully saturated rings. The number of rotatable bonds is 6. The van der Waals surface area contributed by atoms with Gasteiger partial charge in [-0.1, -0.05) is 18.5 Å². The lowest BCUT2D eigenvalue weighted by molar-refractivity contribution is -0.148. The Labute approximate surface area is 146 Å². The Hall–Kier alpha value is -1.20. The molecular weight excluding hydrogens is 334 g/mol. The summed E-state index contributed by atoms with van der Waals surface area (Å²) in [6, 6.07) is 7.69. The SMILES string of the molecule is CC1CN(C(=O)CCCSc2ccc(Cl)cc2)CCC1C(=O)O. The average molecular weight is 356 g/mol. The number of piperidine rings is 1. The molecule has 126 valence electrons. The lowest BCUT2D eigenvalue weighted by atomic mass is 9.87. The predicted molar refractivity (Wildman–Crippen MR) is 92.9 cm³/mol.